The molecule has 4 heteroatoms. The van der Waals surface area contributed by atoms with Crippen molar-refractivity contribution in [3.8, 4) is 0 Å². The molecule has 0 aliphatic rings. The van der Waals surface area contributed by atoms with Gasteiger partial charge in [-0.2, -0.15) is 0 Å². The third-order valence-corrected chi connectivity index (χ3v) is 3.31. The summed E-state index contributed by atoms with van der Waals surface area (Å²) >= 11 is 1.56. The summed E-state index contributed by atoms with van der Waals surface area (Å²) in [4.78, 5) is 16.1. The summed E-state index contributed by atoms with van der Waals surface area (Å²) in [6, 6.07) is 7.55. The molecule has 88 valence electrons. The summed E-state index contributed by atoms with van der Waals surface area (Å²) in [6.45, 7) is 4.41. The molecule has 0 spiro atoms. The maximum absolute atomic E-state index is 11.8. The van der Waals surface area contributed by atoms with Crippen molar-refractivity contribution in [3.63, 3.8) is 0 Å². The van der Waals surface area contributed by atoms with E-state index in [0.29, 0.717) is 12.1 Å². The molecule has 1 aromatic heterocycles. The lowest BCUT2D eigenvalue weighted by Gasteiger charge is -2.03. The minimum absolute atomic E-state index is 0.0541. The quantitative estimate of drug-likeness (QED) is 0.904. The van der Waals surface area contributed by atoms with Crippen molar-refractivity contribution in [1.82, 2.24) is 10.3 Å². The van der Waals surface area contributed by atoms with Crippen LogP contribution in [-0.4, -0.2) is 10.9 Å². The Morgan fingerprint density at radius 3 is 2.88 bits per heavy atom. The highest BCUT2D eigenvalue weighted by Crippen LogP contribution is 2.09. The maximum Gasteiger partial charge on any atom is 0.251 e. The number of nitrogens with one attached hydrogen (secondary N) is 1. The average molecular weight is 246 g/mol. The van der Waals surface area contributed by atoms with E-state index in [1.165, 1.54) is 0 Å². The van der Waals surface area contributed by atoms with Crippen LogP contribution in [0, 0.1) is 13.8 Å². The molecule has 0 saturated carbocycles. The van der Waals surface area contributed by atoms with Crippen LogP contribution >= 0.6 is 11.3 Å². The number of amides is 1. The molecule has 0 radical (unpaired) electrons. The Bertz CT molecular complexity index is 534. The second-order valence-corrected chi connectivity index (χ2v) is 4.88. The number of carbonyl (C=O) groups excluding carboxylic acids is 1. The molecule has 1 heterocycles. The molecule has 1 N–H and O–H groups in total. The van der Waals surface area contributed by atoms with Gasteiger partial charge in [0.2, 0.25) is 0 Å². The summed E-state index contributed by atoms with van der Waals surface area (Å²) in [5.74, 6) is -0.0541. The normalized spacial score (nSPS) is 10.2. The van der Waals surface area contributed by atoms with Gasteiger partial charge in [-0.1, -0.05) is 17.7 Å². The monoisotopic (exact) mass is 246 g/mol. The smallest absolute Gasteiger partial charge is 0.251 e. The zero-order valence-electron chi connectivity index (χ0n) is 9.86. The lowest BCUT2D eigenvalue weighted by molar-refractivity contribution is 0.0951. The molecule has 0 saturated heterocycles. The van der Waals surface area contributed by atoms with Crippen LogP contribution in [0.3, 0.4) is 0 Å². The molecular weight excluding hydrogens is 232 g/mol. The third-order valence-electron chi connectivity index (χ3n) is 2.35. The highest BCUT2D eigenvalue weighted by molar-refractivity contribution is 7.09. The summed E-state index contributed by atoms with van der Waals surface area (Å²) in [6.07, 6.45) is 0. The molecule has 2 rings (SSSR count). The van der Waals surface area contributed by atoms with Gasteiger partial charge in [0, 0.05) is 16.6 Å². The van der Waals surface area contributed by atoms with E-state index < -0.39 is 0 Å². The molecule has 0 unspecified atom stereocenters. The number of thiazole rings is 1. The van der Waals surface area contributed by atoms with E-state index in [-0.39, 0.29) is 5.91 Å². The first-order valence-corrected chi connectivity index (χ1v) is 6.29. The number of carbonyl (C=O) groups is 1. The second kappa shape index (κ2) is 5.10. The number of benzene rings is 1. The molecule has 3 nitrogen and oxygen atoms in total. The van der Waals surface area contributed by atoms with Crippen LogP contribution in [0.2, 0.25) is 0 Å². The predicted octanol–water partition coefficient (Wildman–Crippen LogP) is 2.69. The van der Waals surface area contributed by atoms with Gasteiger partial charge >= 0.3 is 0 Å². The minimum atomic E-state index is -0.0541. The van der Waals surface area contributed by atoms with E-state index in [1.807, 2.05) is 43.5 Å². The lowest BCUT2D eigenvalue weighted by Crippen LogP contribution is -2.22. The van der Waals surface area contributed by atoms with Crippen molar-refractivity contribution >= 4 is 17.2 Å². The molecule has 0 atom stereocenters. The molecular formula is C13H14N2OS. The highest BCUT2D eigenvalue weighted by atomic mass is 32.1. The number of nitrogens with zero attached hydrogens (tertiary/aromatic N) is 1. The topological polar surface area (TPSA) is 42.0 Å². The van der Waals surface area contributed by atoms with E-state index in [2.05, 4.69) is 10.3 Å². The lowest BCUT2D eigenvalue weighted by atomic mass is 10.1. The molecule has 1 amide bonds. The van der Waals surface area contributed by atoms with Gasteiger partial charge in [0.1, 0.15) is 5.01 Å². The van der Waals surface area contributed by atoms with Crippen molar-refractivity contribution in [2.24, 2.45) is 0 Å². The fourth-order valence-electron chi connectivity index (χ4n) is 1.53. The van der Waals surface area contributed by atoms with Crippen LogP contribution < -0.4 is 5.32 Å². The first-order chi connectivity index (χ1) is 8.15. The summed E-state index contributed by atoms with van der Waals surface area (Å²) in [5, 5.41) is 5.78. The molecule has 1 aromatic carbocycles. The molecule has 0 fully saturated rings. The average Bonchev–Trinajstić information content (AvgIpc) is 2.72. The van der Waals surface area contributed by atoms with Crippen molar-refractivity contribution in [2.45, 2.75) is 20.4 Å². The van der Waals surface area contributed by atoms with E-state index in [9.17, 15) is 4.79 Å². The summed E-state index contributed by atoms with van der Waals surface area (Å²) < 4.78 is 0. The van der Waals surface area contributed by atoms with Crippen LogP contribution in [0.15, 0.2) is 29.6 Å². The number of aryl methyl sites for hydroxylation is 2. The third kappa shape index (κ3) is 3.14. The van der Waals surface area contributed by atoms with Crippen molar-refractivity contribution in [3.05, 3.63) is 51.5 Å². The van der Waals surface area contributed by atoms with Gasteiger partial charge in [0.15, 0.2) is 0 Å². The standard InChI is InChI=1S/C13H14N2OS/c1-9-4-3-5-11(6-9)13(16)14-7-12-15-10(2)8-17-12/h3-6,8H,7H2,1-2H3,(H,14,16). The van der Waals surface area contributed by atoms with Gasteiger partial charge in [-0.3, -0.25) is 4.79 Å². The SMILES string of the molecule is Cc1cccc(C(=O)NCc2nc(C)cs2)c1. The Labute approximate surface area is 105 Å². The number of hydrogen-bond acceptors (Lipinski definition) is 3. The van der Waals surface area contributed by atoms with Crippen LogP contribution in [0.1, 0.15) is 26.6 Å². The number of hydrogen-bond donors (Lipinski definition) is 1. The first kappa shape index (κ1) is 11.8. The zero-order valence-corrected chi connectivity index (χ0v) is 10.7. The van der Waals surface area contributed by atoms with Crippen LogP contribution in [0.4, 0.5) is 0 Å². The highest BCUT2D eigenvalue weighted by Gasteiger charge is 2.06. The largest absolute Gasteiger partial charge is 0.346 e. The fourth-order valence-corrected chi connectivity index (χ4v) is 2.24. The van der Waals surface area contributed by atoms with Gasteiger partial charge in [-0.05, 0) is 26.0 Å². The molecule has 0 aliphatic carbocycles. The molecule has 0 aliphatic heterocycles. The van der Waals surface area contributed by atoms with Gasteiger partial charge in [0.25, 0.3) is 5.91 Å². The maximum atomic E-state index is 11.8. The van der Waals surface area contributed by atoms with Crippen LogP contribution in [0.25, 0.3) is 0 Å². The Morgan fingerprint density at radius 2 is 2.24 bits per heavy atom. The van der Waals surface area contributed by atoms with Gasteiger partial charge in [-0.25, -0.2) is 4.98 Å². The fraction of sp³-hybridized carbons (Fsp3) is 0.231. The van der Waals surface area contributed by atoms with Crippen LogP contribution in [-0.2, 0) is 6.54 Å². The predicted molar refractivity (Wildman–Crippen MR) is 69.2 cm³/mol. The number of aromatic nitrogens is 1. The van der Waals surface area contributed by atoms with Crippen molar-refractivity contribution < 1.29 is 4.79 Å². The van der Waals surface area contributed by atoms with Gasteiger partial charge in [0.05, 0.1) is 6.54 Å². The molecule has 2 aromatic rings. The van der Waals surface area contributed by atoms with Gasteiger partial charge < -0.3 is 5.32 Å². The van der Waals surface area contributed by atoms with E-state index in [4.69, 9.17) is 0 Å². The Hall–Kier alpha value is -1.68. The second-order valence-electron chi connectivity index (χ2n) is 3.93. The van der Waals surface area contributed by atoms with E-state index in [1.54, 1.807) is 11.3 Å². The Kier molecular flexibility index (Phi) is 3.54. The van der Waals surface area contributed by atoms with Crippen LogP contribution in [0.5, 0.6) is 0 Å². The molecule has 17 heavy (non-hydrogen) atoms. The number of rotatable bonds is 3. The summed E-state index contributed by atoms with van der Waals surface area (Å²) in [5.41, 5.74) is 2.77. The van der Waals surface area contributed by atoms with Crippen molar-refractivity contribution in [2.75, 3.05) is 0 Å². The van der Waals surface area contributed by atoms with Gasteiger partial charge in [-0.15, -0.1) is 11.3 Å². The first-order valence-electron chi connectivity index (χ1n) is 5.41. The van der Waals surface area contributed by atoms with E-state index in [0.717, 1.165) is 16.3 Å². The minimum Gasteiger partial charge on any atom is -0.346 e. The van der Waals surface area contributed by atoms with Crippen molar-refractivity contribution in [1.29, 1.82) is 0 Å². The summed E-state index contributed by atoms with van der Waals surface area (Å²) in [7, 11) is 0. The Balaban J connectivity index is 1.98. The van der Waals surface area contributed by atoms with E-state index >= 15 is 0 Å². The zero-order chi connectivity index (χ0) is 12.3. The molecule has 0 bridgehead atoms. The Morgan fingerprint density at radius 1 is 1.41 bits per heavy atom.